The van der Waals surface area contributed by atoms with E-state index in [0.717, 1.165) is 0 Å². The van der Waals surface area contributed by atoms with Gasteiger partial charge < -0.3 is 21.7 Å². The average Bonchev–Trinajstić information content (AvgIpc) is 2.58. The van der Waals surface area contributed by atoms with E-state index < -0.39 is 17.2 Å². The molecule has 0 bridgehead atoms. The van der Waals surface area contributed by atoms with E-state index in [2.05, 4.69) is 0 Å². The van der Waals surface area contributed by atoms with Gasteiger partial charge in [-0.25, -0.2) is 0 Å². The summed E-state index contributed by atoms with van der Waals surface area (Å²) in [4.78, 5) is 25.6. The molecule has 0 aliphatic carbocycles. The molecule has 6 heteroatoms. The van der Waals surface area contributed by atoms with Crippen LogP contribution in [0.5, 0.6) is 0 Å². The van der Waals surface area contributed by atoms with Crippen LogP contribution >= 0.6 is 0 Å². The van der Waals surface area contributed by atoms with E-state index in [4.69, 9.17) is 16.6 Å². The van der Waals surface area contributed by atoms with Gasteiger partial charge in [0.2, 0.25) is 11.6 Å². The smallest absolute Gasteiger partial charge is 0.202 e. The van der Waals surface area contributed by atoms with Gasteiger partial charge in [-0.2, -0.15) is 0 Å². The number of nitrogens with two attached hydrogens (primary N) is 2. The number of benzene rings is 2. The van der Waals surface area contributed by atoms with Gasteiger partial charge in [0.15, 0.2) is 5.60 Å². The lowest BCUT2D eigenvalue weighted by Crippen LogP contribution is -2.47. The normalized spacial score (nSPS) is 11.2. The minimum atomic E-state index is -2.29. The Bertz CT molecular complexity index is 701. The molecule has 0 saturated heterocycles. The van der Waals surface area contributed by atoms with E-state index in [1.54, 1.807) is 24.3 Å². The third-order valence-electron chi connectivity index (χ3n) is 3.75. The molecular formula is C18H20N2O4. The van der Waals surface area contributed by atoms with Crippen molar-refractivity contribution in [2.45, 2.75) is 18.4 Å². The minimum Gasteiger partial charge on any atom is -0.399 e. The summed E-state index contributed by atoms with van der Waals surface area (Å²) in [5.74, 6) is -1.51. The number of nitrogen functional groups attached to an aromatic ring is 2. The van der Waals surface area contributed by atoms with E-state index in [0.29, 0.717) is 11.4 Å². The molecule has 126 valence electrons. The predicted octanol–water partition coefficient (Wildman–Crippen LogP) is 1.42. The van der Waals surface area contributed by atoms with Crippen molar-refractivity contribution in [1.82, 2.24) is 0 Å². The fourth-order valence-electron chi connectivity index (χ4n) is 2.50. The van der Waals surface area contributed by atoms with Gasteiger partial charge in [-0.15, -0.1) is 0 Å². The number of carbonyl (C=O) groups excluding carboxylic acids is 2. The highest BCUT2D eigenvalue weighted by Gasteiger charge is 2.43. The quantitative estimate of drug-likeness (QED) is 0.346. The molecule has 6 nitrogen and oxygen atoms in total. The van der Waals surface area contributed by atoms with Crippen LogP contribution in [0.1, 0.15) is 33.6 Å². The van der Waals surface area contributed by atoms with Crippen molar-refractivity contribution in [3.8, 4) is 0 Å². The van der Waals surface area contributed by atoms with Crippen molar-refractivity contribution >= 4 is 22.9 Å². The highest BCUT2D eigenvalue weighted by Crippen LogP contribution is 2.26. The molecule has 2 aromatic rings. The number of Topliss-reactive ketones (excluding diaryl/α,β-unsaturated/α-hetero) is 2. The number of hydrogen-bond acceptors (Lipinski definition) is 6. The van der Waals surface area contributed by atoms with E-state index in [-0.39, 0.29) is 30.6 Å². The van der Waals surface area contributed by atoms with Crippen LogP contribution < -0.4 is 11.5 Å². The summed E-state index contributed by atoms with van der Waals surface area (Å²) in [5.41, 5.74) is 10.0. The van der Waals surface area contributed by atoms with E-state index in [1.165, 1.54) is 24.3 Å². The second kappa shape index (κ2) is 7.25. The van der Waals surface area contributed by atoms with Gasteiger partial charge >= 0.3 is 0 Å². The number of aliphatic hydroxyl groups is 2. The van der Waals surface area contributed by atoms with Gasteiger partial charge in [-0.05, 0) is 37.1 Å². The Balaban J connectivity index is 2.45. The molecule has 0 atom stereocenters. The summed E-state index contributed by atoms with van der Waals surface area (Å²) in [6, 6.07) is 12.1. The van der Waals surface area contributed by atoms with E-state index >= 15 is 0 Å². The largest absolute Gasteiger partial charge is 0.399 e. The lowest BCUT2D eigenvalue weighted by molar-refractivity contribution is 0.0240. The molecule has 0 heterocycles. The lowest BCUT2D eigenvalue weighted by atomic mass is 9.82. The summed E-state index contributed by atoms with van der Waals surface area (Å²) in [6.07, 6.45) is -0.108. The molecule has 0 aliphatic rings. The Hall–Kier alpha value is -2.70. The number of carbonyl (C=O) groups is 2. The molecule has 0 amide bonds. The Morgan fingerprint density at radius 3 is 1.75 bits per heavy atom. The first-order chi connectivity index (χ1) is 11.4. The number of aliphatic hydroxyl groups excluding tert-OH is 1. The van der Waals surface area contributed by atoms with Crippen molar-refractivity contribution in [3.63, 3.8) is 0 Å². The van der Waals surface area contributed by atoms with Crippen molar-refractivity contribution in [3.05, 3.63) is 59.7 Å². The van der Waals surface area contributed by atoms with Gasteiger partial charge in [0.25, 0.3) is 0 Å². The standard InChI is InChI=1S/C18H20N2O4/c19-14-6-1-4-12(10-14)16(22)18(24,8-3-9-21)17(23)13-5-2-7-15(20)11-13/h1-2,4-7,10-11,21,24H,3,8-9,19-20H2. The topological polar surface area (TPSA) is 127 Å². The number of anilines is 2. The molecule has 0 unspecified atom stereocenters. The summed E-state index contributed by atoms with van der Waals surface area (Å²) in [7, 11) is 0. The molecule has 2 rings (SSSR count). The van der Waals surface area contributed by atoms with Crippen molar-refractivity contribution < 1.29 is 19.8 Å². The Kier molecular flexibility index (Phi) is 5.33. The van der Waals surface area contributed by atoms with Gasteiger partial charge in [-0.3, -0.25) is 9.59 Å². The molecule has 0 saturated carbocycles. The summed E-state index contributed by atoms with van der Waals surface area (Å²) < 4.78 is 0. The Morgan fingerprint density at radius 2 is 1.38 bits per heavy atom. The molecule has 24 heavy (non-hydrogen) atoms. The van der Waals surface area contributed by atoms with Crippen LogP contribution in [0.15, 0.2) is 48.5 Å². The number of ketones is 2. The predicted molar refractivity (Wildman–Crippen MR) is 91.6 cm³/mol. The fraction of sp³-hybridized carbons (Fsp3) is 0.222. The molecule has 2 aromatic carbocycles. The summed E-state index contributed by atoms with van der Waals surface area (Å²) in [5, 5.41) is 19.9. The molecule has 0 fully saturated rings. The molecule has 0 aliphatic heterocycles. The van der Waals surface area contributed by atoms with Crippen LogP contribution in [0.3, 0.4) is 0 Å². The molecule has 6 N–H and O–H groups in total. The van der Waals surface area contributed by atoms with Gasteiger partial charge in [0.05, 0.1) is 0 Å². The van der Waals surface area contributed by atoms with Crippen LogP contribution in [0, 0.1) is 0 Å². The van der Waals surface area contributed by atoms with Gasteiger partial charge in [-0.1, -0.05) is 24.3 Å². The van der Waals surface area contributed by atoms with Crippen LogP contribution in [-0.2, 0) is 0 Å². The zero-order valence-electron chi connectivity index (χ0n) is 13.1. The average molecular weight is 328 g/mol. The molecule has 0 radical (unpaired) electrons. The minimum absolute atomic E-state index is 0.0958. The summed E-state index contributed by atoms with van der Waals surface area (Å²) in [6.45, 7) is -0.253. The first kappa shape index (κ1) is 17.7. The van der Waals surface area contributed by atoms with Crippen molar-refractivity contribution in [2.24, 2.45) is 0 Å². The zero-order valence-corrected chi connectivity index (χ0v) is 13.1. The van der Waals surface area contributed by atoms with Gasteiger partial charge in [0, 0.05) is 29.1 Å². The SMILES string of the molecule is Nc1cccc(C(=O)C(O)(CCCO)C(=O)c2cccc(N)c2)c1. The van der Waals surface area contributed by atoms with Crippen LogP contribution in [0.4, 0.5) is 11.4 Å². The van der Waals surface area contributed by atoms with E-state index in [9.17, 15) is 14.7 Å². The lowest BCUT2D eigenvalue weighted by Gasteiger charge is -2.25. The Labute approximate surface area is 139 Å². The monoisotopic (exact) mass is 328 g/mol. The second-order valence-corrected chi connectivity index (χ2v) is 5.60. The third kappa shape index (κ3) is 3.61. The second-order valence-electron chi connectivity index (χ2n) is 5.60. The van der Waals surface area contributed by atoms with E-state index in [1.807, 2.05) is 0 Å². The van der Waals surface area contributed by atoms with Crippen molar-refractivity contribution in [2.75, 3.05) is 18.1 Å². The molecular weight excluding hydrogens is 308 g/mol. The van der Waals surface area contributed by atoms with Crippen LogP contribution in [0.25, 0.3) is 0 Å². The molecule has 0 spiro atoms. The van der Waals surface area contributed by atoms with Crippen LogP contribution in [-0.4, -0.2) is 34.0 Å². The number of rotatable bonds is 7. The zero-order chi connectivity index (χ0) is 17.7. The van der Waals surface area contributed by atoms with Crippen molar-refractivity contribution in [1.29, 1.82) is 0 Å². The maximum Gasteiger partial charge on any atom is 0.202 e. The fourth-order valence-corrected chi connectivity index (χ4v) is 2.50. The highest BCUT2D eigenvalue weighted by atomic mass is 16.3. The van der Waals surface area contributed by atoms with Crippen LogP contribution in [0.2, 0.25) is 0 Å². The first-order valence-electron chi connectivity index (χ1n) is 7.52. The first-order valence-corrected chi connectivity index (χ1v) is 7.52. The Morgan fingerprint density at radius 1 is 0.917 bits per heavy atom. The van der Waals surface area contributed by atoms with Gasteiger partial charge in [0.1, 0.15) is 0 Å². The third-order valence-corrected chi connectivity index (χ3v) is 3.75. The summed E-state index contributed by atoms with van der Waals surface area (Å²) >= 11 is 0. The maximum atomic E-state index is 12.8. The maximum absolute atomic E-state index is 12.8. The molecule has 0 aromatic heterocycles. The highest BCUT2D eigenvalue weighted by molar-refractivity contribution is 6.22. The number of hydrogen-bond donors (Lipinski definition) is 4.